The third-order valence-electron chi connectivity index (χ3n) is 2.78. The van der Waals surface area contributed by atoms with Crippen LogP contribution in [0, 0.1) is 5.92 Å². The minimum atomic E-state index is -0.845. The van der Waals surface area contributed by atoms with Gasteiger partial charge in [-0.1, -0.05) is 23.2 Å². The Morgan fingerprint density at radius 1 is 1.31 bits per heavy atom. The second-order valence-corrected chi connectivity index (χ2v) is 5.73. The Bertz CT molecular complexity index is 313. The summed E-state index contributed by atoms with van der Waals surface area (Å²) >= 11 is 24.3. The van der Waals surface area contributed by atoms with Crippen LogP contribution in [0.3, 0.4) is 0 Å². The lowest BCUT2D eigenvalue weighted by Crippen LogP contribution is -2.28. The Morgan fingerprint density at radius 2 is 1.92 bits per heavy atom. The lowest BCUT2D eigenvalue weighted by atomic mass is 9.94. The molecule has 1 fully saturated rings. The Labute approximate surface area is 96.0 Å². The van der Waals surface area contributed by atoms with E-state index < -0.39 is 9.75 Å². The van der Waals surface area contributed by atoms with Crippen molar-refractivity contribution in [3.8, 4) is 0 Å². The van der Waals surface area contributed by atoms with Crippen LogP contribution in [0.15, 0.2) is 10.1 Å². The van der Waals surface area contributed by atoms with Crippen LogP contribution in [-0.2, 0) is 4.79 Å². The minimum Gasteiger partial charge on any atom is -0.303 e. The summed E-state index contributed by atoms with van der Waals surface area (Å²) in [5.41, 5.74) is 0. The van der Waals surface area contributed by atoms with Crippen LogP contribution in [0.1, 0.15) is 12.8 Å². The molecule has 0 amide bonds. The Hall–Kier alpha value is 0.570. The molecule has 0 aliphatic heterocycles. The molecule has 1 nitrogen and oxygen atoms in total. The fraction of sp³-hybridized carbons (Fsp3) is 0.625. The third-order valence-corrected chi connectivity index (χ3v) is 5.23. The molecular weight excluding hydrogens is 254 g/mol. The molecule has 2 aliphatic carbocycles. The number of aldehydes is 1. The predicted molar refractivity (Wildman–Crippen MR) is 54.7 cm³/mol. The minimum absolute atomic E-state index is 0.318. The van der Waals surface area contributed by atoms with Gasteiger partial charge < -0.3 is 4.79 Å². The van der Waals surface area contributed by atoms with Crippen LogP contribution in [-0.4, -0.2) is 16.0 Å². The number of hydrogen-bond donors (Lipinski definition) is 0. The monoisotopic (exact) mass is 258 g/mol. The van der Waals surface area contributed by atoms with Crippen molar-refractivity contribution in [2.45, 2.75) is 22.6 Å². The average molecular weight is 260 g/mol. The fourth-order valence-electron chi connectivity index (χ4n) is 2.06. The summed E-state index contributed by atoms with van der Waals surface area (Å²) in [6.07, 6.45) is 1.74. The van der Waals surface area contributed by atoms with Gasteiger partial charge >= 0.3 is 0 Å². The van der Waals surface area contributed by atoms with Gasteiger partial charge in [-0.3, -0.25) is 0 Å². The summed E-state index contributed by atoms with van der Waals surface area (Å²) in [7, 11) is 0. The number of hydrogen-bond acceptors (Lipinski definition) is 1. The Morgan fingerprint density at radius 3 is 2.31 bits per heavy atom. The van der Waals surface area contributed by atoms with Gasteiger partial charge in [-0.25, -0.2) is 0 Å². The third kappa shape index (κ3) is 1.11. The maximum atomic E-state index is 10.7. The summed E-state index contributed by atoms with van der Waals surface area (Å²) in [5.74, 6) is -0.318. The van der Waals surface area contributed by atoms with Gasteiger partial charge in [0.15, 0.2) is 0 Å². The van der Waals surface area contributed by atoms with Gasteiger partial charge in [-0.15, -0.1) is 23.2 Å². The van der Waals surface area contributed by atoms with Crippen molar-refractivity contribution in [2.75, 3.05) is 0 Å². The molecular formula is C8H6Cl4O. The highest BCUT2D eigenvalue weighted by Crippen LogP contribution is 2.64. The molecule has 0 radical (unpaired) electrons. The number of alkyl halides is 2. The van der Waals surface area contributed by atoms with Crippen LogP contribution < -0.4 is 0 Å². The van der Waals surface area contributed by atoms with E-state index in [1.54, 1.807) is 0 Å². The molecule has 3 atom stereocenters. The molecule has 2 rings (SSSR count). The molecule has 0 heterocycles. The van der Waals surface area contributed by atoms with Crippen molar-refractivity contribution in [1.82, 2.24) is 0 Å². The maximum Gasteiger partial charge on any atom is 0.125 e. The van der Waals surface area contributed by atoms with Gasteiger partial charge in [0.2, 0.25) is 0 Å². The molecule has 0 saturated heterocycles. The Kier molecular flexibility index (Phi) is 2.17. The molecule has 3 unspecified atom stereocenters. The highest BCUT2D eigenvalue weighted by molar-refractivity contribution is 6.51. The summed E-state index contributed by atoms with van der Waals surface area (Å²) in [6.45, 7) is 0. The van der Waals surface area contributed by atoms with E-state index in [1.807, 2.05) is 0 Å². The normalized spacial score (nSPS) is 48.8. The highest BCUT2D eigenvalue weighted by atomic mass is 35.5. The zero-order valence-electron chi connectivity index (χ0n) is 6.49. The molecule has 0 aromatic rings. The molecule has 0 N–H and O–H groups in total. The van der Waals surface area contributed by atoms with E-state index in [-0.39, 0.29) is 5.92 Å². The zero-order valence-corrected chi connectivity index (χ0v) is 9.51. The van der Waals surface area contributed by atoms with Gasteiger partial charge in [0, 0.05) is 5.92 Å². The van der Waals surface area contributed by atoms with E-state index >= 15 is 0 Å². The average Bonchev–Trinajstić information content (AvgIpc) is 2.44. The van der Waals surface area contributed by atoms with Crippen LogP contribution in [0.5, 0.6) is 0 Å². The summed E-state index contributed by atoms with van der Waals surface area (Å²) in [4.78, 5) is 9.18. The van der Waals surface area contributed by atoms with Crippen LogP contribution in [0.25, 0.3) is 0 Å². The molecule has 2 bridgehead atoms. The molecule has 2 aliphatic rings. The number of fused-ring (bicyclic) bond motifs is 2. The number of carbonyl (C=O) groups excluding carboxylic acids is 1. The molecule has 5 heteroatoms. The van der Waals surface area contributed by atoms with Crippen LogP contribution in [0.4, 0.5) is 0 Å². The van der Waals surface area contributed by atoms with Crippen LogP contribution >= 0.6 is 46.4 Å². The van der Waals surface area contributed by atoms with Crippen LogP contribution in [0.2, 0.25) is 0 Å². The topological polar surface area (TPSA) is 17.1 Å². The van der Waals surface area contributed by atoms with Gasteiger partial charge in [-0.05, 0) is 12.8 Å². The first-order chi connectivity index (χ1) is 5.94. The van der Waals surface area contributed by atoms with Crippen molar-refractivity contribution >= 4 is 52.7 Å². The van der Waals surface area contributed by atoms with E-state index in [2.05, 4.69) is 0 Å². The molecule has 72 valence electrons. The SMILES string of the molecule is O=CC1CC2(Cl)CC1(Cl)C(Cl)=C2Cl. The number of rotatable bonds is 1. The number of halogens is 4. The summed E-state index contributed by atoms with van der Waals surface area (Å²) < 4.78 is 0. The van der Waals surface area contributed by atoms with E-state index in [9.17, 15) is 4.79 Å². The summed E-state index contributed by atoms with van der Waals surface area (Å²) in [6, 6.07) is 0. The molecule has 0 aromatic carbocycles. The molecule has 13 heavy (non-hydrogen) atoms. The van der Waals surface area contributed by atoms with Gasteiger partial charge in [0.25, 0.3) is 0 Å². The smallest absolute Gasteiger partial charge is 0.125 e. The Balaban J connectivity index is 2.52. The van der Waals surface area contributed by atoms with E-state index in [0.29, 0.717) is 22.9 Å². The molecule has 1 saturated carbocycles. The quantitative estimate of drug-likeness (QED) is 0.522. The van der Waals surface area contributed by atoms with Crippen molar-refractivity contribution in [2.24, 2.45) is 5.92 Å². The highest BCUT2D eigenvalue weighted by Gasteiger charge is 2.63. The van der Waals surface area contributed by atoms with E-state index in [4.69, 9.17) is 46.4 Å². The van der Waals surface area contributed by atoms with Crippen molar-refractivity contribution in [3.63, 3.8) is 0 Å². The van der Waals surface area contributed by atoms with Crippen molar-refractivity contribution in [3.05, 3.63) is 10.1 Å². The number of carbonyl (C=O) groups is 1. The number of allylic oxidation sites excluding steroid dienone is 2. The van der Waals surface area contributed by atoms with Crippen molar-refractivity contribution in [1.29, 1.82) is 0 Å². The van der Waals surface area contributed by atoms with Gasteiger partial charge in [-0.2, -0.15) is 0 Å². The predicted octanol–water partition coefficient (Wildman–Crippen LogP) is 3.25. The standard InChI is InChI=1S/C8H6Cl4O/c9-5-6(10)8(12)3-7(5,11)1-4(8)2-13/h2,4H,1,3H2. The second kappa shape index (κ2) is 2.79. The molecule has 0 spiro atoms. The largest absolute Gasteiger partial charge is 0.303 e. The first-order valence-corrected chi connectivity index (χ1v) is 5.34. The molecule has 0 aromatic heterocycles. The fourth-order valence-corrected chi connectivity index (χ4v) is 3.85. The zero-order chi connectivity index (χ0) is 9.85. The van der Waals surface area contributed by atoms with E-state index in [1.165, 1.54) is 0 Å². The lowest BCUT2D eigenvalue weighted by molar-refractivity contribution is -0.111. The summed E-state index contributed by atoms with van der Waals surface area (Å²) in [5, 5.41) is 0.748. The van der Waals surface area contributed by atoms with E-state index in [0.717, 1.165) is 6.29 Å². The first-order valence-electron chi connectivity index (χ1n) is 3.83. The van der Waals surface area contributed by atoms with Crippen molar-refractivity contribution < 1.29 is 4.79 Å². The van der Waals surface area contributed by atoms with Gasteiger partial charge in [0.05, 0.1) is 19.8 Å². The van der Waals surface area contributed by atoms with Gasteiger partial charge in [0.1, 0.15) is 6.29 Å². The maximum absolute atomic E-state index is 10.7. The second-order valence-electron chi connectivity index (χ2n) is 3.58. The first kappa shape index (κ1) is 10.1. The lowest BCUT2D eigenvalue weighted by Gasteiger charge is -2.25.